The van der Waals surface area contributed by atoms with Gasteiger partial charge in [-0.2, -0.15) is 0 Å². The number of rotatable bonds is 5. The van der Waals surface area contributed by atoms with Crippen LogP contribution < -0.4 is 0 Å². The van der Waals surface area contributed by atoms with Gasteiger partial charge in [0.15, 0.2) is 0 Å². The first-order valence-corrected chi connectivity index (χ1v) is 5.53. The highest BCUT2D eigenvalue weighted by Gasteiger charge is 2.15. The summed E-state index contributed by atoms with van der Waals surface area (Å²) in [5.74, 6) is -0.387. The van der Waals surface area contributed by atoms with E-state index in [9.17, 15) is 4.79 Å². The Hall–Kier alpha value is -1.00. The molecule has 0 aliphatic carbocycles. The van der Waals surface area contributed by atoms with Crippen molar-refractivity contribution in [2.45, 2.75) is 20.0 Å². The predicted molar refractivity (Wildman–Crippen MR) is 61.8 cm³/mol. The third-order valence-electron chi connectivity index (χ3n) is 2.05. The second-order valence-electron chi connectivity index (χ2n) is 3.53. The molecule has 0 aromatic carbocycles. The monoisotopic (exact) mass is 245 g/mol. The molecular formula is C11H16ClNO3. The van der Waals surface area contributed by atoms with Crippen LogP contribution in [-0.4, -0.2) is 29.9 Å². The third-order valence-corrected chi connectivity index (χ3v) is 2.25. The van der Waals surface area contributed by atoms with E-state index in [0.29, 0.717) is 23.9 Å². The second-order valence-corrected chi connectivity index (χ2v) is 3.97. The van der Waals surface area contributed by atoms with Crippen LogP contribution in [0.2, 0.25) is 5.02 Å². The number of aromatic nitrogens is 1. The number of hydrogen-bond acceptors (Lipinski definition) is 3. The fourth-order valence-corrected chi connectivity index (χ4v) is 1.54. The topological polar surface area (TPSA) is 40.5 Å². The molecule has 0 saturated carbocycles. The van der Waals surface area contributed by atoms with Crippen LogP contribution in [0, 0.1) is 0 Å². The lowest BCUT2D eigenvalue weighted by Gasteiger charge is -2.13. The number of halogens is 1. The first kappa shape index (κ1) is 13.1. The Labute approximate surface area is 100 Å². The number of esters is 1. The van der Waals surface area contributed by atoms with Crippen LogP contribution >= 0.6 is 11.6 Å². The molecule has 1 heterocycles. The summed E-state index contributed by atoms with van der Waals surface area (Å²) in [6.07, 6.45) is 1.40. The van der Waals surface area contributed by atoms with E-state index in [0.717, 1.165) is 0 Å². The Morgan fingerprint density at radius 1 is 1.62 bits per heavy atom. The minimum absolute atomic E-state index is 0.263. The number of carbonyl (C=O) groups excluding carboxylic acids is 1. The summed E-state index contributed by atoms with van der Waals surface area (Å²) in [7, 11) is 1.75. The van der Waals surface area contributed by atoms with Crippen LogP contribution in [-0.2, 0) is 16.5 Å². The first-order valence-electron chi connectivity index (χ1n) is 5.15. The summed E-state index contributed by atoms with van der Waals surface area (Å²) in [5.41, 5.74) is 0.438. The number of nitrogens with zero attached hydrogens (tertiary/aromatic N) is 1. The van der Waals surface area contributed by atoms with Crippen LogP contribution in [0.4, 0.5) is 0 Å². The number of aryl methyl sites for hydroxylation is 1. The number of ether oxygens (including phenoxy) is 2. The van der Waals surface area contributed by atoms with Gasteiger partial charge in [0.2, 0.25) is 0 Å². The molecule has 1 atom stereocenters. The molecule has 0 fully saturated rings. The maximum atomic E-state index is 11.7. The van der Waals surface area contributed by atoms with Gasteiger partial charge in [-0.15, -0.1) is 0 Å². The van der Waals surface area contributed by atoms with Crippen molar-refractivity contribution in [3.63, 3.8) is 0 Å². The van der Waals surface area contributed by atoms with E-state index in [4.69, 9.17) is 21.1 Å². The van der Waals surface area contributed by atoms with Crippen LogP contribution in [0.3, 0.4) is 0 Å². The first-order chi connectivity index (χ1) is 7.54. The van der Waals surface area contributed by atoms with Gasteiger partial charge in [-0.3, -0.25) is 0 Å². The molecule has 0 aliphatic rings. The number of hydrogen-bond donors (Lipinski definition) is 0. The summed E-state index contributed by atoms with van der Waals surface area (Å²) in [4.78, 5) is 11.7. The molecule has 0 bridgehead atoms. The molecule has 0 radical (unpaired) electrons. The van der Waals surface area contributed by atoms with E-state index in [1.54, 1.807) is 30.8 Å². The van der Waals surface area contributed by atoms with Crippen LogP contribution in [0.5, 0.6) is 0 Å². The second kappa shape index (κ2) is 5.92. The molecule has 4 nitrogen and oxygen atoms in total. The Bertz CT molecular complexity index is 362. The van der Waals surface area contributed by atoms with Gasteiger partial charge in [0.05, 0.1) is 11.6 Å². The fourth-order valence-electron chi connectivity index (χ4n) is 1.29. The summed E-state index contributed by atoms with van der Waals surface area (Å²) in [5, 5.41) is 0.520. The maximum Gasteiger partial charge on any atom is 0.355 e. The lowest BCUT2D eigenvalue weighted by Crippen LogP contribution is -2.21. The van der Waals surface area contributed by atoms with Gasteiger partial charge in [-0.05, 0) is 19.9 Å². The molecule has 0 saturated heterocycles. The van der Waals surface area contributed by atoms with Gasteiger partial charge in [-0.25, -0.2) is 4.79 Å². The molecule has 1 aromatic rings. The molecular weight excluding hydrogens is 230 g/mol. The average Bonchev–Trinajstić information content (AvgIpc) is 2.54. The quantitative estimate of drug-likeness (QED) is 0.747. The number of carbonyl (C=O) groups is 1. The molecule has 1 rings (SSSR count). The molecule has 90 valence electrons. The van der Waals surface area contributed by atoms with Crippen molar-refractivity contribution < 1.29 is 14.3 Å². The lowest BCUT2D eigenvalue weighted by atomic mass is 10.4. The zero-order valence-electron chi connectivity index (χ0n) is 9.70. The normalized spacial score (nSPS) is 12.5. The molecule has 0 spiro atoms. The predicted octanol–water partition coefficient (Wildman–Crippen LogP) is 2.26. The largest absolute Gasteiger partial charge is 0.456 e. The summed E-state index contributed by atoms with van der Waals surface area (Å²) in [6, 6.07) is 1.58. The van der Waals surface area contributed by atoms with Gasteiger partial charge in [0.1, 0.15) is 11.8 Å². The molecule has 16 heavy (non-hydrogen) atoms. The Morgan fingerprint density at radius 2 is 2.31 bits per heavy atom. The van der Waals surface area contributed by atoms with Crippen LogP contribution in [0.1, 0.15) is 24.3 Å². The van der Waals surface area contributed by atoms with Crippen molar-refractivity contribution in [3.05, 3.63) is 23.0 Å². The van der Waals surface area contributed by atoms with Crippen molar-refractivity contribution in [2.24, 2.45) is 7.05 Å². The average molecular weight is 246 g/mol. The zero-order valence-corrected chi connectivity index (χ0v) is 10.5. The standard InChI is InChI=1S/C11H16ClNO3/c1-4-15-7-8(2)16-11(14)10-5-9(12)6-13(10)3/h5-6,8H,4,7H2,1-3H3. The molecule has 0 N–H and O–H groups in total. The van der Waals surface area contributed by atoms with Gasteiger partial charge in [-0.1, -0.05) is 11.6 Å². The van der Waals surface area contributed by atoms with Crippen molar-refractivity contribution in [3.8, 4) is 0 Å². The SMILES string of the molecule is CCOCC(C)OC(=O)c1cc(Cl)cn1C. The minimum atomic E-state index is -0.387. The van der Waals surface area contributed by atoms with Gasteiger partial charge in [0.25, 0.3) is 0 Å². The van der Waals surface area contributed by atoms with Gasteiger partial charge in [0, 0.05) is 19.9 Å². The molecule has 0 amide bonds. The van der Waals surface area contributed by atoms with E-state index >= 15 is 0 Å². The maximum absolute atomic E-state index is 11.7. The van der Waals surface area contributed by atoms with Gasteiger partial charge >= 0.3 is 5.97 Å². The third kappa shape index (κ3) is 3.54. The Morgan fingerprint density at radius 3 is 2.81 bits per heavy atom. The Kier molecular flexibility index (Phi) is 4.83. The van der Waals surface area contributed by atoms with Crippen molar-refractivity contribution in [1.29, 1.82) is 0 Å². The van der Waals surface area contributed by atoms with Crippen molar-refractivity contribution >= 4 is 17.6 Å². The van der Waals surface area contributed by atoms with Crippen molar-refractivity contribution in [1.82, 2.24) is 4.57 Å². The van der Waals surface area contributed by atoms with E-state index in [1.165, 1.54) is 0 Å². The van der Waals surface area contributed by atoms with Gasteiger partial charge < -0.3 is 14.0 Å². The highest BCUT2D eigenvalue weighted by molar-refractivity contribution is 6.30. The van der Waals surface area contributed by atoms with E-state index in [1.807, 2.05) is 6.92 Å². The molecule has 5 heteroatoms. The highest BCUT2D eigenvalue weighted by Crippen LogP contribution is 2.14. The fraction of sp³-hybridized carbons (Fsp3) is 0.545. The Balaban J connectivity index is 2.55. The minimum Gasteiger partial charge on any atom is -0.456 e. The van der Waals surface area contributed by atoms with E-state index in [2.05, 4.69) is 0 Å². The van der Waals surface area contributed by atoms with Crippen LogP contribution in [0.15, 0.2) is 12.3 Å². The summed E-state index contributed by atoms with van der Waals surface area (Å²) >= 11 is 5.78. The zero-order chi connectivity index (χ0) is 12.1. The molecule has 0 aliphatic heterocycles. The van der Waals surface area contributed by atoms with E-state index < -0.39 is 0 Å². The highest BCUT2D eigenvalue weighted by atomic mass is 35.5. The lowest BCUT2D eigenvalue weighted by molar-refractivity contribution is 0.00357. The van der Waals surface area contributed by atoms with Crippen LogP contribution in [0.25, 0.3) is 0 Å². The van der Waals surface area contributed by atoms with Crippen molar-refractivity contribution in [2.75, 3.05) is 13.2 Å². The summed E-state index contributed by atoms with van der Waals surface area (Å²) in [6.45, 7) is 4.70. The van der Waals surface area contributed by atoms with E-state index in [-0.39, 0.29) is 12.1 Å². The molecule has 1 unspecified atom stereocenters. The smallest absolute Gasteiger partial charge is 0.355 e. The molecule has 1 aromatic heterocycles. The summed E-state index contributed by atoms with van der Waals surface area (Å²) < 4.78 is 12.0.